The van der Waals surface area contributed by atoms with Gasteiger partial charge >= 0.3 is 0 Å². The molecule has 0 bridgehead atoms. The second-order valence-corrected chi connectivity index (χ2v) is 5.91. The minimum absolute atomic E-state index is 0.0960. The summed E-state index contributed by atoms with van der Waals surface area (Å²) in [6.07, 6.45) is 4.88. The lowest BCUT2D eigenvalue weighted by Crippen LogP contribution is -2.58. The number of hydrogen-bond acceptors (Lipinski definition) is 1. The molecule has 0 saturated heterocycles. The number of hydrogen-bond donors (Lipinski definition) is 0. The third kappa shape index (κ3) is 0.918. The van der Waals surface area contributed by atoms with Gasteiger partial charge in [0.2, 0.25) is 5.24 Å². The summed E-state index contributed by atoms with van der Waals surface area (Å²) >= 11 is 5.68. The van der Waals surface area contributed by atoms with Gasteiger partial charge in [-0.15, -0.1) is 0 Å². The van der Waals surface area contributed by atoms with E-state index in [-0.39, 0.29) is 10.7 Å². The molecule has 13 heavy (non-hydrogen) atoms. The van der Waals surface area contributed by atoms with Crippen LogP contribution in [0.25, 0.3) is 0 Å². The highest BCUT2D eigenvalue weighted by Gasteiger charge is 2.60. The summed E-state index contributed by atoms with van der Waals surface area (Å²) in [4.78, 5) is 11.3. The maximum atomic E-state index is 11.3. The maximum absolute atomic E-state index is 11.3. The molecule has 72 valence electrons. The smallest absolute Gasteiger partial charge is 0.227 e. The molecule has 3 rings (SSSR count). The van der Waals surface area contributed by atoms with Crippen molar-refractivity contribution in [2.24, 2.45) is 29.1 Å². The molecule has 3 aliphatic rings. The van der Waals surface area contributed by atoms with Crippen molar-refractivity contribution in [2.45, 2.75) is 32.6 Å². The van der Waals surface area contributed by atoms with Gasteiger partial charge in [0, 0.05) is 5.41 Å². The first-order chi connectivity index (χ1) is 6.10. The Morgan fingerprint density at radius 2 is 1.77 bits per heavy atom. The number of rotatable bonds is 1. The highest BCUT2D eigenvalue weighted by molar-refractivity contribution is 6.64. The molecule has 0 aromatic heterocycles. The van der Waals surface area contributed by atoms with Gasteiger partial charge in [0.1, 0.15) is 0 Å². The summed E-state index contributed by atoms with van der Waals surface area (Å²) in [5.74, 6) is 3.70. The Morgan fingerprint density at radius 1 is 1.23 bits per heavy atom. The molecule has 3 saturated carbocycles. The first kappa shape index (κ1) is 8.28. The molecule has 2 heteroatoms. The summed E-state index contributed by atoms with van der Waals surface area (Å²) in [6, 6.07) is 0. The Kier molecular flexibility index (Phi) is 1.47. The SMILES string of the molecule is CC1(C(=O)Cl)CC2CC3CC(C1)C32. The molecular formula is C11H15ClO. The van der Waals surface area contributed by atoms with E-state index < -0.39 is 0 Å². The lowest BCUT2D eigenvalue weighted by molar-refractivity contribution is -0.164. The van der Waals surface area contributed by atoms with E-state index in [9.17, 15) is 4.79 Å². The molecule has 0 radical (unpaired) electrons. The van der Waals surface area contributed by atoms with E-state index in [0.29, 0.717) is 0 Å². The molecular weight excluding hydrogens is 184 g/mol. The zero-order valence-electron chi connectivity index (χ0n) is 7.92. The summed E-state index contributed by atoms with van der Waals surface area (Å²) in [6.45, 7) is 2.06. The second kappa shape index (κ2) is 2.31. The molecule has 0 spiro atoms. The lowest BCUT2D eigenvalue weighted by Gasteiger charge is -2.64. The van der Waals surface area contributed by atoms with Gasteiger partial charge in [0.25, 0.3) is 0 Å². The van der Waals surface area contributed by atoms with Crippen LogP contribution in [0.2, 0.25) is 0 Å². The van der Waals surface area contributed by atoms with Gasteiger partial charge in [-0.3, -0.25) is 4.79 Å². The average molecular weight is 199 g/mol. The lowest BCUT2D eigenvalue weighted by atomic mass is 9.40. The molecule has 0 amide bonds. The molecule has 0 aromatic carbocycles. The number of carbonyl (C=O) groups is 1. The summed E-state index contributed by atoms with van der Waals surface area (Å²) in [5.41, 5.74) is -0.182. The van der Waals surface area contributed by atoms with Crippen LogP contribution in [0.15, 0.2) is 0 Å². The number of halogens is 1. The zero-order chi connectivity index (χ0) is 9.22. The van der Waals surface area contributed by atoms with E-state index in [1.807, 2.05) is 0 Å². The molecule has 0 aromatic rings. The van der Waals surface area contributed by atoms with E-state index >= 15 is 0 Å². The molecule has 0 N–H and O–H groups in total. The Bertz CT molecular complexity index is 257. The van der Waals surface area contributed by atoms with E-state index in [4.69, 9.17) is 11.6 Å². The van der Waals surface area contributed by atoms with Crippen LogP contribution < -0.4 is 0 Å². The zero-order valence-corrected chi connectivity index (χ0v) is 8.68. The van der Waals surface area contributed by atoms with Crippen LogP contribution in [-0.2, 0) is 4.79 Å². The van der Waals surface area contributed by atoms with Crippen molar-refractivity contribution in [3.05, 3.63) is 0 Å². The minimum Gasteiger partial charge on any atom is -0.281 e. The van der Waals surface area contributed by atoms with Gasteiger partial charge in [-0.25, -0.2) is 0 Å². The van der Waals surface area contributed by atoms with Crippen molar-refractivity contribution < 1.29 is 4.79 Å². The monoisotopic (exact) mass is 198 g/mol. The summed E-state index contributed by atoms with van der Waals surface area (Å²) < 4.78 is 0. The predicted octanol–water partition coefficient (Wildman–Crippen LogP) is 2.82. The molecule has 3 aliphatic carbocycles. The van der Waals surface area contributed by atoms with Crippen molar-refractivity contribution in [3.63, 3.8) is 0 Å². The van der Waals surface area contributed by atoms with E-state index in [0.717, 1.165) is 36.5 Å². The van der Waals surface area contributed by atoms with Gasteiger partial charge in [0.15, 0.2) is 0 Å². The Hall–Kier alpha value is -0.0400. The molecule has 1 nitrogen and oxygen atoms in total. The first-order valence-electron chi connectivity index (χ1n) is 5.30. The van der Waals surface area contributed by atoms with Gasteiger partial charge in [-0.1, -0.05) is 6.92 Å². The third-order valence-electron chi connectivity index (χ3n) is 4.74. The topological polar surface area (TPSA) is 17.1 Å². The van der Waals surface area contributed by atoms with Crippen LogP contribution >= 0.6 is 11.6 Å². The highest BCUT2D eigenvalue weighted by atomic mass is 35.5. The van der Waals surface area contributed by atoms with E-state index in [1.54, 1.807) is 0 Å². The summed E-state index contributed by atoms with van der Waals surface area (Å²) in [7, 11) is 0. The number of carbonyl (C=O) groups excluding carboxylic acids is 1. The second-order valence-electron chi connectivity index (χ2n) is 5.57. The van der Waals surface area contributed by atoms with Crippen molar-refractivity contribution in [2.75, 3.05) is 0 Å². The maximum Gasteiger partial charge on any atom is 0.227 e. The Morgan fingerprint density at radius 3 is 2.15 bits per heavy atom. The fourth-order valence-electron chi connectivity index (χ4n) is 4.11. The van der Waals surface area contributed by atoms with Crippen LogP contribution in [0.5, 0.6) is 0 Å². The highest BCUT2D eigenvalue weighted by Crippen LogP contribution is 2.67. The summed E-state index contributed by atoms with van der Waals surface area (Å²) in [5, 5.41) is -0.0960. The van der Waals surface area contributed by atoms with Gasteiger partial charge in [-0.2, -0.15) is 0 Å². The van der Waals surface area contributed by atoms with Crippen LogP contribution in [0.4, 0.5) is 0 Å². The van der Waals surface area contributed by atoms with Crippen molar-refractivity contribution in [1.29, 1.82) is 0 Å². The Balaban J connectivity index is 1.83. The van der Waals surface area contributed by atoms with Crippen molar-refractivity contribution >= 4 is 16.8 Å². The van der Waals surface area contributed by atoms with Gasteiger partial charge in [0.05, 0.1) is 0 Å². The normalized spacial score (nSPS) is 57.4. The Labute approximate surface area is 83.8 Å². The molecule has 2 unspecified atom stereocenters. The first-order valence-corrected chi connectivity index (χ1v) is 5.68. The quantitative estimate of drug-likeness (QED) is 0.593. The average Bonchev–Trinajstić information content (AvgIpc) is 1.96. The van der Waals surface area contributed by atoms with E-state index in [2.05, 4.69) is 6.92 Å². The van der Waals surface area contributed by atoms with Gasteiger partial charge < -0.3 is 0 Å². The van der Waals surface area contributed by atoms with Crippen molar-refractivity contribution in [1.82, 2.24) is 0 Å². The molecule has 2 atom stereocenters. The minimum atomic E-state index is -0.182. The van der Waals surface area contributed by atoms with Crippen LogP contribution in [0.1, 0.15) is 32.6 Å². The fourth-order valence-corrected chi connectivity index (χ4v) is 4.26. The van der Waals surface area contributed by atoms with Crippen molar-refractivity contribution in [3.8, 4) is 0 Å². The molecule has 0 heterocycles. The molecule has 3 fully saturated rings. The third-order valence-corrected chi connectivity index (χ3v) is 5.20. The van der Waals surface area contributed by atoms with Crippen LogP contribution in [-0.4, -0.2) is 5.24 Å². The molecule has 0 aliphatic heterocycles. The fraction of sp³-hybridized carbons (Fsp3) is 0.909. The predicted molar refractivity (Wildman–Crippen MR) is 51.4 cm³/mol. The standard InChI is InChI=1S/C11H15ClO/c1-11(10(12)13)4-7-2-6-3-8(5-11)9(6)7/h6-9H,2-5H2,1H3. The van der Waals surface area contributed by atoms with Crippen LogP contribution in [0.3, 0.4) is 0 Å². The van der Waals surface area contributed by atoms with Gasteiger partial charge in [-0.05, 0) is 61.0 Å². The van der Waals surface area contributed by atoms with E-state index in [1.165, 1.54) is 12.8 Å². The largest absolute Gasteiger partial charge is 0.281 e. The van der Waals surface area contributed by atoms with Crippen LogP contribution in [0, 0.1) is 29.1 Å².